The summed E-state index contributed by atoms with van der Waals surface area (Å²) >= 11 is 0. The molecule has 0 amide bonds. The fourth-order valence-corrected chi connectivity index (χ4v) is 0.784. The molecule has 2 nitrogen and oxygen atoms in total. The summed E-state index contributed by atoms with van der Waals surface area (Å²) in [5.74, 6) is 0. The molecule has 1 aromatic rings. The molecule has 52 valence electrons. The van der Waals surface area contributed by atoms with Crippen LogP contribution in [0, 0.1) is 0 Å². The van der Waals surface area contributed by atoms with E-state index in [1.807, 2.05) is 23.8 Å². The van der Waals surface area contributed by atoms with E-state index in [2.05, 4.69) is 11.6 Å². The van der Waals surface area contributed by atoms with Gasteiger partial charge in [-0.2, -0.15) is 0 Å². The Balaban J connectivity index is 2.95. The van der Waals surface area contributed by atoms with Crippen molar-refractivity contribution in [3.8, 4) is 0 Å². The maximum Gasteiger partial charge on any atom is 0.0991 e. The Morgan fingerprint density at radius 1 is 1.70 bits per heavy atom. The zero-order chi connectivity index (χ0) is 7.40. The largest absolute Gasteiger partial charge is 0.307 e. The van der Waals surface area contributed by atoms with Crippen molar-refractivity contribution >= 4 is 5.70 Å². The Morgan fingerprint density at radius 3 is 2.90 bits per heavy atom. The third kappa shape index (κ3) is 1.16. The minimum atomic E-state index is 1.05. The van der Waals surface area contributed by atoms with Gasteiger partial charge >= 0.3 is 0 Å². The van der Waals surface area contributed by atoms with Crippen molar-refractivity contribution < 1.29 is 0 Å². The molecule has 1 rings (SSSR count). The third-order valence-corrected chi connectivity index (χ3v) is 1.31. The van der Waals surface area contributed by atoms with Crippen molar-refractivity contribution in [3.05, 3.63) is 37.5 Å². The van der Waals surface area contributed by atoms with E-state index < -0.39 is 0 Å². The monoisotopic (exact) mass is 134 g/mol. The fourth-order valence-electron chi connectivity index (χ4n) is 0.784. The number of hydrogen-bond acceptors (Lipinski definition) is 1. The van der Waals surface area contributed by atoms with Crippen LogP contribution < -0.4 is 0 Å². The zero-order valence-electron chi connectivity index (χ0n) is 5.99. The molecule has 2 heteroatoms. The lowest BCUT2D eigenvalue weighted by atomic mass is 10.4. The van der Waals surface area contributed by atoms with Crippen LogP contribution >= 0.6 is 0 Å². The maximum atomic E-state index is 3.91. The van der Waals surface area contributed by atoms with E-state index in [9.17, 15) is 0 Å². The van der Waals surface area contributed by atoms with Crippen molar-refractivity contribution in [2.45, 2.75) is 6.92 Å². The van der Waals surface area contributed by atoms with Crippen LogP contribution in [0.15, 0.2) is 37.5 Å². The van der Waals surface area contributed by atoms with E-state index in [-0.39, 0.29) is 0 Å². The molecular weight excluding hydrogens is 124 g/mol. The molecule has 0 radical (unpaired) electrons. The van der Waals surface area contributed by atoms with Crippen molar-refractivity contribution in [1.82, 2.24) is 9.55 Å². The van der Waals surface area contributed by atoms with Crippen LogP contribution in [0.1, 0.15) is 6.92 Å². The number of hydrogen-bond donors (Lipinski definition) is 0. The first kappa shape index (κ1) is 6.81. The van der Waals surface area contributed by atoms with Crippen molar-refractivity contribution in [1.29, 1.82) is 0 Å². The van der Waals surface area contributed by atoms with Crippen LogP contribution in [0.3, 0.4) is 0 Å². The second-order valence-electron chi connectivity index (χ2n) is 1.89. The van der Waals surface area contributed by atoms with E-state index in [0.29, 0.717) is 0 Å². The average Bonchev–Trinajstić information content (AvgIpc) is 2.43. The highest BCUT2D eigenvalue weighted by Crippen LogP contribution is 2.02. The SMILES string of the molecule is C=CC(=CC)n1ccnc1. The minimum absolute atomic E-state index is 1.05. The van der Waals surface area contributed by atoms with Gasteiger partial charge in [0.1, 0.15) is 0 Å². The van der Waals surface area contributed by atoms with Crippen LogP contribution in [0.2, 0.25) is 0 Å². The zero-order valence-corrected chi connectivity index (χ0v) is 5.99. The molecule has 0 saturated heterocycles. The summed E-state index contributed by atoms with van der Waals surface area (Å²) in [5.41, 5.74) is 1.05. The molecule has 0 bridgehead atoms. The predicted octanol–water partition coefficient (Wildman–Crippen LogP) is 1.93. The van der Waals surface area contributed by atoms with Gasteiger partial charge < -0.3 is 4.57 Å². The molecule has 0 aliphatic carbocycles. The van der Waals surface area contributed by atoms with Gasteiger partial charge in [0.25, 0.3) is 0 Å². The molecule has 0 atom stereocenters. The Bertz CT molecular complexity index is 232. The second kappa shape index (κ2) is 3.01. The Morgan fingerprint density at radius 2 is 2.50 bits per heavy atom. The highest BCUT2D eigenvalue weighted by molar-refractivity contribution is 5.55. The summed E-state index contributed by atoms with van der Waals surface area (Å²) < 4.78 is 1.91. The van der Waals surface area contributed by atoms with Crippen molar-refractivity contribution in [3.63, 3.8) is 0 Å². The summed E-state index contributed by atoms with van der Waals surface area (Å²) in [6, 6.07) is 0. The molecular formula is C8H10N2. The Kier molecular flexibility index (Phi) is 2.05. The van der Waals surface area contributed by atoms with E-state index in [1.165, 1.54) is 0 Å². The predicted molar refractivity (Wildman–Crippen MR) is 42.4 cm³/mol. The first-order valence-corrected chi connectivity index (χ1v) is 3.15. The summed E-state index contributed by atoms with van der Waals surface area (Å²) in [7, 11) is 0. The summed E-state index contributed by atoms with van der Waals surface area (Å²) in [5, 5.41) is 0. The van der Waals surface area contributed by atoms with Crippen molar-refractivity contribution in [2.75, 3.05) is 0 Å². The molecule has 0 aromatic carbocycles. The van der Waals surface area contributed by atoms with E-state index >= 15 is 0 Å². The first-order chi connectivity index (χ1) is 4.88. The quantitative estimate of drug-likeness (QED) is 0.565. The van der Waals surface area contributed by atoms with Gasteiger partial charge in [-0.05, 0) is 13.0 Å². The highest BCUT2D eigenvalue weighted by Gasteiger charge is 1.89. The van der Waals surface area contributed by atoms with Crippen molar-refractivity contribution in [2.24, 2.45) is 0 Å². The molecule has 0 aliphatic heterocycles. The lowest BCUT2D eigenvalue weighted by Gasteiger charge is -1.98. The summed E-state index contributed by atoms with van der Waals surface area (Å²) in [6.07, 6.45) is 9.15. The Hall–Kier alpha value is -1.31. The number of nitrogens with zero attached hydrogens (tertiary/aromatic N) is 2. The fraction of sp³-hybridized carbons (Fsp3) is 0.125. The van der Waals surface area contributed by atoms with Gasteiger partial charge in [0.15, 0.2) is 0 Å². The highest BCUT2D eigenvalue weighted by atomic mass is 15.0. The van der Waals surface area contributed by atoms with E-state index in [4.69, 9.17) is 0 Å². The number of rotatable bonds is 2. The average molecular weight is 134 g/mol. The molecule has 0 unspecified atom stereocenters. The van der Waals surface area contributed by atoms with Crippen LogP contribution in [0.4, 0.5) is 0 Å². The second-order valence-corrected chi connectivity index (χ2v) is 1.89. The van der Waals surface area contributed by atoms with E-state index in [1.54, 1.807) is 18.6 Å². The van der Waals surface area contributed by atoms with E-state index in [0.717, 1.165) is 5.70 Å². The standard InChI is InChI=1S/C8H10N2/c1-3-8(4-2)10-6-5-9-7-10/h3-7H,1H2,2H3. The van der Waals surface area contributed by atoms with Gasteiger partial charge in [-0.25, -0.2) is 4.98 Å². The minimum Gasteiger partial charge on any atom is -0.307 e. The van der Waals surface area contributed by atoms with Gasteiger partial charge in [-0.15, -0.1) is 0 Å². The molecule has 0 N–H and O–H groups in total. The lowest BCUT2D eigenvalue weighted by Crippen LogP contribution is -1.87. The van der Waals surface area contributed by atoms with Crippen LogP contribution in [-0.4, -0.2) is 9.55 Å². The topological polar surface area (TPSA) is 17.8 Å². The molecule has 1 heterocycles. The first-order valence-electron chi connectivity index (χ1n) is 3.15. The molecule has 0 aliphatic rings. The van der Waals surface area contributed by atoms with Crippen LogP contribution in [-0.2, 0) is 0 Å². The summed E-state index contributed by atoms with van der Waals surface area (Å²) in [6.45, 7) is 5.64. The number of aromatic nitrogens is 2. The molecule has 10 heavy (non-hydrogen) atoms. The van der Waals surface area contributed by atoms with Gasteiger partial charge in [0.2, 0.25) is 0 Å². The van der Waals surface area contributed by atoms with Crippen LogP contribution in [0.5, 0.6) is 0 Å². The molecule has 0 fully saturated rings. The maximum absolute atomic E-state index is 3.91. The lowest BCUT2D eigenvalue weighted by molar-refractivity contribution is 1.10. The normalized spacial score (nSPS) is 11.5. The van der Waals surface area contributed by atoms with Crippen LogP contribution in [0.25, 0.3) is 5.70 Å². The third-order valence-electron chi connectivity index (χ3n) is 1.31. The smallest absolute Gasteiger partial charge is 0.0991 e. The molecule has 1 aromatic heterocycles. The van der Waals surface area contributed by atoms with Gasteiger partial charge in [0.05, 0.1) is 6.33 Å². The molecule has 0 spiro atoms. The number of imidazole rings is 1. The number of allylic oxidation sites excluding steroid dienone is 3. The van der Waals surface area contributed by atoms with Gasteiger partial charge in [-0.3, -0.25) is 0 Å². The molecule has 0 saturated carbocycles. The van der Waals surface area contributed by atoms with Gasteiger partial charge in [-0.1, -0.05) is 12.7 Å². The Labute approximate surface area is 60.5 Å². The van der Waals surface area contributed by atoms with Gasteiger partial charge in [0, 0.05) is 18.1 Å². The summed E-state index contributed by atoms with van der Waals surface area (Å²) in [4.78, 5) is 3.91.